The van der Waals surface area contributed by atoms with Gasteiger partial charge in [0.05, 0.1) is 25.4 Å². The highest BCUT2D eigenvalue weighted by atomic mass is 16.5. The fourth-order valence-corrected chi connectivity index (χ4v) is 11.0. The fourth-order valence-electron chi connectivity index (χ4n) is 11.0. The van der Waals surface area contributed by atoms with Crippen molar-refractivity contribution in [1.82, 2.24) is 5.32 Å². The lowest BCUT2D eigenvalue weighted by molar-refractivity contribution is -0.143. The molecule has 0 radical (unpaired) electrons. The molecular weight excluding hydrogens is 959 g/mol. The number of aliphatic hydroxyl groups is 2. The minimum Gasteiger partial charge on any atom is -0.466 e. The third kappa shape index (κ3) is 63.3. The van der Waals surface area contributed by atoms with Gasteiger partial charge in [0, 0.05) is 12.8 Å². The first-order valence-corrected chi connectivity index (χ1v) is 35.3. The topological polar surface area (TPSA) is 95.9 Å². The molecule has 0 aromatic rings. The molecule has 1 amide bonds. The van der Waals surface area contributed by atoms with Gasteiger partial charge >= 0.3 is 5.97 Å². The summed E-state index contributed by atoms with van der Waals surface area (Å²) in [6, 6.07) is -0.637. The summed E-state index contributed by atoms with van der Waals surface area (Å²) in [7, 11) is 0. The van der Waals surface area contributed by atoms with E-state index in [1.807, 2.05) is 6.08 Å². The second kappa shape index (κ2) is 67.6. The van der Waals surface area contributed by atoms with Gasteiger partial charge in [0.2, 0.25) is 5.91 Å². The van der Waals surface area contributed by atoms with Crippen LogP contribution in [0.1, 0.15) is 386 Å². The lowest BCUT2D eigenvalue weighted by Gasteiger charge is -2.20. The molecule has 6 heteroatoms. The third-order valence-corrected chi connectivity index (χ3v) is 16.4. The minimum atomic E-state index is -0.852. The number of carbonyl (C=O) groups excluding carboxylic acids is 2. The molecule has 0 fully saturated rings. The average molecular weight is 1100 g/mol. The molecule has 0 bridgehead atoms. The van der Waals surface area contributed by atoms with Crippen molar-refractivity contribution in [3.8, 4) is 0 Å². The predicted molar refractivity (Wildman–Crippen MR) is 343 cm³/mol. The number of ether oxygens (including phenoxy) is 1. The standard InChI is InChI=1S/C72H137NO5/c1-3-5-7-9-11-13-15-17-19-21-23-29-32-36-40-44-48-52-56-60-64-70(75)69(68-74)73-71(76)65-61-57-53-49-45-41-37-33-30-27-25-24-26-28-31-35-39-43-47-51-55-59-63-67-78-72(77)66-62-58-54-50-46-42-38-34-22-20-18-16-14-12-10-8-6-4-2/h24,26-27,30,60,64,69-70,74-75H,3-23,25,28-29,31-59,61-63,65-68H2,1-2H3,(H,73,76)/b26-24-,30-27-,64-60+. The Hall–Kier alpha value is -1.92. The second-order valence-corrected chi connectivity index (χ2v) is 24.2. The Labute approximate surface area is 487 Å². The van der Waals surface area contributed by atoms with Gasteiger partial charge in [-0.05, 0) is 64.2 Å². The van der Waals surface area contributed by atoms with Crippen LogP contribution in [0, 0.1) is 0 Å². The van der Waals surface area contributed by atoms with Crippen molar-refractivity contribution < 1.29 is 24.5 Å². The van der Waals surface area contributed by atoms with Crippen molar-refractivity contribution in [2.45, 2.75) is 398 Å². The molecule has 6 nitrogen and oxygen atoms in total. The number of carbonyl (C=O) groups is 2. The Bertz CT molecular complexity index is 1260. The van der Waals surface area contributed by atoms with Crippen molar-refractivity contribution in [3.63, 3.8) is 0 Å². The van der Waals surface area contributed by atoms with E-state index in [1.54, 1.807) is 6.08 Å². The number of nitrogens with one attached hydrogen (secondary N) is 1. The van der Waals surface area contributed by atoms with Crippen molar-refractivity contribution in [2.75, 3.05) is 13.2 Å². The van der Waals surface area contributed by atoms with Crippen LogP contribution >= 0.6 is 0 Å². The molecule has 0 aliphatic heterocycles. The largest absolute Gasteiger partial charge is 0.466 e. The first-order chi connectivity index (χ1) is 38.5. The van der Waals surface area contributed by atoms with Crippen molar-refractivity contribution in [2.24, 2.45) is 0 Å². The molecule has 0 spiro atoms. The summed E-state index contributed by atoms with van der Waals surface area (Å²) >= 11 is 0. The maximum Gasteiger partial charge on any atom is 0.305 e. The molecule has 0 saturated carbocycles. The average Bonchev–Trinajstić information content (AvgIpc) is 3.44. The Balaban J connectivity index is 3.45. The highest BCUT2D eigenvalue weighted by Crippen LogP contribution is 2.18. The zero-order chi connectivity index (χ0) is 56.4. The maximum atomic E-state index is 12.5. The van der Waals surface area contributed by atoms with E-state index in [9.17, 15) is 19.8 Å². The lowest BCUT2D eigenvalue weighted by atomic mass is 10.0. The first kappa shape index (κ1) is 76.1. The number of rotatable bonds is 66. The number of aliphatic hydroxyl groups excluding tert-OH is 2. The summed E-state index contributed by atoms with van der Waals surface area (Å²) in [5.74, 6) is -0.0638. The summed E-state index contributed by atoms with van der Waals surface area (Å²) in [5.41, 5.74) is 0. The van der Waals surface area contributed by atoms with Gasteiger partial charge in [-0.1, -0.05) is 346 Å². The summed E-state index contributed by atoms with van der Waals surface area (Å²) in [6.07, 6.45) is 86.4. The molecule has 2 unspecified atom stereocenters. The lowest BCUT2D eigenvalue weighted by Crippen LogP contribution is -2.45. The van der Waals surface area contributed by atoms with Gasteiger partial charge in [-0.3, -0.25) is 9.59 Å². The van der Waals surface area contributed by atoms with Gasteiger partial charge in [-0.15, -0.1) is 0 Å². The highest BCUT2D eigenvalue weighted by molar-refractivity contribution is 5.76. The Morgan fingerprint density at radius 1 is 0.359 bits per heavy atom. The Morgan fingerprint density at radius 2 is 0.641 bits per heavy atom. The zero-order valence-corrected chi connectivity index (χ0v) is 52.7. The van der Waals surface area contributed by atoms with Gasteiger partial charge in [0.15, 0.2) is 0 Å². The molecule has 0 aromatic carbocycles. The number of hydrogen-bond donors (Lipinski definition) is 3. The molecule has 0 aliphatic carbocycles. The van der Waals surface area contributed by atoms with Crippen LogP contribution in [-0.2, 0) is 14.3 Å². The van der Waals surface area contributed by atoms with Gasteiger partial charge in [0.25, 0.3) is 0 Å². The van der Waals surface area contributed by atoms with E-state index in [-0.39, 0.29) is 18.5 Å². The highest BCUT2D eigenvalue weighted by Gasteiger charge is 2.18. The van der Waals surface area contributed by atoms with Crippen LogP contribution in [0.25, 0.3) is 0 Å². The zero-order valence-electron chi connectivity index (χ0n) is 52.7. The van der Waals surface area contributed by atoms with E-state index in [0.29, 0.717) is 19.4 Å². The van der Waals surface area contributed by atoms with Crippen LogP contribution in [0.5, 0.6) is 0 Å². The number of amides is 1. The van der Waals surface area contributed by atoms with Gasteiger partial charge in [0.1, 0.15) is 0 Å². The monoisotopic (exact) mass is 1100 g/mol. The molecule has 0 rings (SSSR count). The first-order valence-electron chi connectivity index (χ1n) is 35.3. The third-order valence-electron chi connectivity index (χ3n) is 16.4. The van der Waals surface area contributed by atoms with E-state index in [1.165, 1.54) is 302 Å². The van der Waals surface area contributed by atoms with E-state index >= 15 is 0 Å². The second-order valence-electron chi connectivity index (χ2n) is 24.2. The summed E-state index contributed by atoms with van der Waals surface area (Å²) in [6.45, 7) is 4.93. The Kier molecular flexibility index (Phi) is 65.9. The fraction of sp³-hybridized carbons (Fsp3) is 0.889. The van der Waals surface area contributed by atoms with Crippen molar-refractivity contribution >= 4 is 11.9 Å². The van der Waals surface area contributed by atoms with Gasteiger partial charge in [-0.2, -0.15) is 0 Å². The molecule has 0 aliphatic rings. The van der Waals surface area contributed by atoms with Gasteiger partial charge in [-0.25, -0.2) is 0 Å². The summed E-state index contributed by atoms with van der Waals surface area (Å²) < 4.78 is 5.50. The Morgan fingerprint density at radius 3 is 0.974 bits per heavy atom. The SMILES string of the molecule is CCCCCCCCCCCCCCCCCCCC/C=C/C(O)C(CO)NC(=O)CCCCCCCCC/C=C\C/C=C\CCCCCCCCCCCOC(=O)CCCCCCCCCCCCCCCCCCCC. The van der Waals surface area contributed by atoms with Crippen LogP contribution in [0.4, 0.5) is 0 Å². The number of allylic oxidation sites excluding steroid dienone is 5. The molecule has 78 heavy (non-hydrogen) atoms. The summed E-state index contributed by atoms with van der Waals surface area (Å²) in [5, 5.41) is 23.2. The minimum absolute atomic E-state index is 0.0115. The van der Waals surface area contributed by atoms with Crippen molar-refractivity contribution in [3.05, 3.63) is 36.5 Å². The predicted octanol–water partition coefficient (Wildman–Crippen LogP) is 22.7. The number of hydrogen-bond acceptors (Lipinski definition) is 5. The molecule has 0 aromatic heterocycles. The van der Waals surface area contributed by atoms with E-state index in [4.69, 9.17) is 4.74 Å². The molecule has 3 N–H and O–H groups in total. The molecule has 2 atom stereocenters. The van der Waals surface area contributed by atoms with Crippen LogP contribution in [0.2, 0.25) is 0 Å². The quantitative estimate of drug-likeness (QED) is 0.0320. The maximum absolute atomic E-state index is 12.5. The van der Waals surface area contributed by atoms with Crippen LogP contribution in [-0.4, -0.2) is 47.4 Å². The molecule has 0 heterocycles. The van der Waals surface area contributed by atoms with E-state index < -0.39 is 12.1 Å². The van der Waals surface area contributed by atoms with E-state index in [2.05, 4.69) is 43.5 Å². The molecule has 460 valence electrons. The van der Waals surface area contributed by atoms with Crippen molar-refractivity contribution in [1.29, 1.82) is 0 Å². The number of esters is 1. The van der Waals surface area contributed by atoms with Crippen LogP contribution in [0.15, 0.2) is 36.5 Å². The molecular formula is C72H137NO5. The molecule has 0 saturated heterocycles. The van der Waals surface area contributed by atoms with Crippen LogP contribution < -0.4 is 5.32 Å². The van der Waals surface area contributed by atoms with E-state index in [0.717, 1.165) is 57.8 Å². The van der Waals surface area contributed by atoms with Crippen LogP contribution in [0.3, 0.4) is 0 Å². The smallest absolute Gasteiger partial charge is 0.305 e. The summed E-state index contributed by atoms with van der Waals surface area (Å²) in [4.78, 5) is 24.6. The van der Waals surface area contributed by atoms with Gasteiger partial charge < -0.3 is 20.3 Å². The normalized spacial score (nSPS) is 12.7. The number of unbranched alkanes of at least 4 members (excludes halogenated alkanes) is 51.